The Kier molecular flexibility index (Phi) is 3.71. The van der Waals surface area contributed by atoms with Crippen molar-refractivity contribution in [3.63, 3.8) is 0 Å². The number of nitrogens with two attached hydrogens (primary N) is 1. The molecule has 0 rings (SSSR count). The van der Waals surface area contributed by atoms with E-state index < -0.39 is 6.09 Å². The molecule has 0 aromatic rings. The van der Waals surface area contributed by atoms with Gasteiger partial charge in [0.15, 0.2) is 0 Å². The van der Waals surface area contributed by atoms with Crippen LogP contribution in [0.2, 0.25) is 0 Å². The average Bonchev–Trinajstić information content (AvgIpc) is 1.85. The summed E-state index contributed by atoms with van der Waals surface area (Å²) in [7, 11) is 0. The SMILES string of the molecule is CC(C)(CBr)COC(N)=O. The van der Waals surface area contributed by atoms with E-state index in [1.807, 2.05) is 13.8 Å². The summed E-state index contributed by atoms with van der Waals surface area (Å²) in [5, 5.41) is 0.785. The summed E-state index contributed by atoms with van der Waals surface area (Å²) >= 11 is 3.29. The summed E-state index contributed by atoms with van der Waals surface area (Å²) in [4.78, 5) is 10.1. The summed E-state index contributed by atoms with van der Waals surface area (Å²) < 4.78 is 4.61. The quantitative estimate of drug-likeness (QED) is 0.717. The lowest BCUT2D eigenvalue weighted by molar-refractivity contribution is 0.117. The maximum atomic E-state index is 10.1. The van der Waals surface area contributed by atoms with Crippen molar-refractivity contribution in [2.75, 3.05) is 11.9 Å². The molecule has 0 unspecified atom stereocenters. The molecule has 0 saturated carbocycles. The highest BCUT2D eigenvalue weighted by Gasteiger charge is 2.17. The molecule has 60 valence electrons. The Hall–Kier alpha value is -0.250. The second-order valence-electron chi connectivity index (χ2n) is 2.91. The van der Waals surface area contributed by atoms with Crippen molar-refractivity contribution in [2.45, 2.75) is 13.8 Å². The fraction of sp³-hybridized carbons (Fsp3) is 0.833. The molecule has 0 aromatic carbocycles. The standard InChI is InChI=1S/C6H12BrNO2/c1-6(2,3-7)4-10-5(8)9/h3-4H2,1-2H3,(H2,8,9). The van der Waals surface area contributed by atoms with Crippen LogP contribution in [0.5, 0.6) is 0 Å². The van der Waals surface area contributed by atoms with Gasteiger partial charge >= 0.3 is 6.09 Å². The zero-order valence-electron chi connectivity index (χ0n) is 6.19. The van der Waals surface area contributed by atoms with Crippen LogP contribution in [0.4, 0.5) is 4.79 Å². The van der Waals surface area contributed by atoms with Crippen LogP contribution in [-0.2, 0) is 4.74 Å². The zero-order chi connectivity index (χ0) is 8.20. The molecule has 0 aromatic heterocycles. The molecule has 0 spiro atoms. The van der Waals surface area contributed by atoms with Gasteiger partial charge in [0.2, 0.25) is 0 Å². The summed E-state index contributed by atoms with van der Waals surface area (Å²) in [5.74, 6) is 0. The largest absolute Gasteiger partial charge is 0.449 e. The van der Waals surface area contributed by atoms with Crippen LogP contribution in [0.1, 0.15) is 13.8 Å². The molecule has 0 radical (unpaired) electrons. The van der Waals surface area contributed by atoms with Gasteiger partial charge in [-0.05, 0) is 0 Å². The molecule has 0 heterocycles. The van der Waals surface area contributed by atoms with Gasteiger partial charge in [0.25, 0.3) is 0 Å². The van der Waals surface area contributed by atoms with E-state index in [1.54, 1.807) is 0 Å². The summed E-state index contributed by atoms with van der Waals surface area (Å²) in [5.41, 5.74) is 4.75. The third kappa shape index (κ3) is 4.61. The van der Waals surface area contributed by atoms with Gasteiger partial charge in [-0.15, -0.1) is 0 Å². The van der Waals surface area contributed by atoms with Crippen LogP contribution in [0.15, 0.2) is 0 Å². The Bertz CT molecular complexity index is 125. The number of primary amides is 1. The number of halogens is 1. The van der Waals surface area contributed by atoms with Crippen LogP contribution in [-0.4, -0.2) is 18.0 Å². The molecule has 1 amide bonds. The molecule has 2 N–H and O–H groups in total. The molecule has 0 aliphatic heterocycles. The number of rotatable bonds is 3. The molecule has 0 saturated heterocycles. The van der Waals surface area contributed by atoms with Crippen molar-refractivity contribution in [2.24, 2.45) is 11.1 Å². The van der Waals surface area contributed by atoms with Crippen LogP contribution >= 0.6 is 15.9 Å². The molecule has 3 nitrogen and oxygen atoms in total. The first kappa shape index (κ1) is 9.75. The number of hydrogen-bond acceptors (Lipinski definition) is 2. The Morgan fingerprint density at radius 1 is 1.70 bits per heavy atom. The minimum Gasteiger partial charge on any atom is -0.449 e. The fourth-order valence-electron chi connectivity index (χ4n) is 0.305. The summed E-state index contributed by atoms with van der Waals surface area (Å²) in [6.07, 6.45) is -0.714. The van der Waals surface area contributed by atoms with Crippen LogP contribution in [0.3, 0.4) is 0 Å². The topological polar surface area (TPSA) is 52.3 Å². The van der Waals surface area contributed by atoms with Gasteiger partial charge in [0.1, 0.15) is 0 Å². The lowest BCUT2D eigenvalue weighted by atomic mass is 9.99. The monoisotopic (exact) mass is 209 g/mol. The minimum atomic E-state index is -0.714. The minimum absolute atomic E-state index is 0.0327. The number of ether oxygens (including phenoxy) is 1. The smallest absolute Gasteiger partial charge is 0.404 e. The summed E-state index contributed by atoms with van der Waals surface area (Å²) in [6.45, 7) is 4.31. The van der Waals surface area contributed by atoms with Gasteiger partial charge in [-0.3, -0.25) is 0 Å². The van der Waals surface area contributed by atoms with E-state index >= 15 is 0 Å². The van der Waals surface area contributed by atoms with Crippen molar-refractivity contribution in [1.29, 1.82) is 0 Å². The predicted octanol–water partition coefficient (Wildman–Crippen LogP) is 1.50. The zero-order valence-corrected chi connectivity index (χ0v) is 7.77. The summed E-state index contributed by atoms with van der Waals surface area (Å²) in [6, 6.07) is 0. The van der Waals surface area contributed by atoms with E-state index in [0.29, 0.717) is 6.61 Å². The molecular formula is C6H12BrNO2. The Balaban J connectivity index is 3.56. The highest BCUT2D eigenvalue weighted by Crippen LogP contribution is 2.17. The molecule has 0 aliphatic rings. The Morgan fingerprint density at radius 3 is 2.50 bits per heavy atom. The third-order valence-electron chi connectivity index (χ3n) is 0.967. The van der Waals surface area contributed by atoms with E-state index in [0.717, 1.165) is 5.33 Å². The molecule has 10 heavy (non-hydrogen) atoms. The maximum Gasteiger partial charge on any atom is 0.404 e. The average molecular weight is 210 g/mol. The molecule has 0 fully saturated rings. The first-order valence-electron chi connectivity index (χ1n) is 2.96. The van der Waals surface area contributed by atoms with E-state index in [-0.39, 0.29) is 5.41 Å². The first-order valence-corrected chi connectivity index (χ1v) is 4.08. The van der Waals surface area contributed by atoms with Crippen LogP contribution in [0.25, 0.3) is 0 Å². The number of hydrogen-bond donors (Lipinski definition) is 1. The van der Waals surface area contributed by atoms with Gasteiger partial charge in [0.05, 0.1) is 6.61 Å². The second kappa shape index (κ2) is 3.81. The Morgan fingerprint density at radius 2 is 2.20 bits per heavy atom. The number of carbonyl (C=O) groups excluding carboxylic acids is 1. The van der Waals surface area contributed by atoms with Crippen molar-refractivity contribution in [3.05, 3.63) is 0 Å². The van der Waals surface area contributed by atoms with Crippen molar-refractivity contribution in [3.8, 4) is 0 Å². The molecule has 4 heteroatoms. The Labute approximate surface area is 69.0 Å². The van der Waals surface area contributed by atoms with Crippen molar-refractivity contribution in [1.82, 2.24) is 0 Å². The lowest BCUT2D eigenvalue weighted by Gasteiger charge is -2.19. The number of alkyl halides is 1. The van der Waals surface area contributed by atoms with Gasteiger partial charge in [-0.1, -0.05) is 29.8 Å². The van der Waals surface area contributed by atoms with E-state index in [1.165, 1.54) is 0 Å². The first-order chi connectivity index (χ1) is 4.48. The van der Waals surface area contributed by atoms with Crippen LogP contribution < -0.4 is 5.73 Å². The maximum absolute atomic E-state index is 10.1. The van der Waals surface area contributed by atoms with E-state index in [2.05, 4.69) is 20.7 Å². The van der Waals surface area contributed by atoms with Gasteiger partial charge in [0, 0.05) is 10.7 Å². The fourth-order valence-corrected chi connectivity index (χ4v) is 0.467. The van der Waals surface area contributed by atoms with E-state index in [9.17, 15) is 4.79 Å². The molecule has 0 aliphatic carbocycles. The normalized spacial score (nSPS) is 11.1. The number of carbonyl (C=O) groups is 1. The van der Waals surface area contributed by atoms with Crippen molar-refractivity contribution < 1.29 is 9.53 Å². The van der Waals surface area contributed by atoms with Crippen LogP contribution in [0, 0.1) is 5.41 Å². The highest BCUT2D eigenvalue weighted by molar-refractivity contribution is 9.09. The lowest BCUT2D eigenvalue weighted by Crippen LogP contribution is -2.25. The van der Waals surface area contributed by atoms with Gasteiger partial charge < -0.3 is 10.5 Å². The molecular weight excluding hydrogens is 198 g/mol. The highest BCUT2D eigenvalue weighted by atomic mass is 79.9. The predicted molar refractivity (Wildman–Crippen MR) is 43.1 cm³/mol. The van der Waals surface area contributed by atoms with E-state index in [4.69, 9.17) is 5.73 Å². The molecule has 0 bridgehead atoms. The number of amides is 1. The molecule has 0 atom stereocenters. The third-order valence-corrected chi connectivity index (χ3v) is 2.48. The van der Waals surface area contributed by atoms with Gasteiger partial charge in [-0.2, -0.15) is 0 Å². The van der Waals surface area contributed by atoms with Crippen molar-refractivity contribution >= 4 is 22.0 Å². The van der Waals surface area contributed by atoms with Gasteiger partial charge in [-0.25, -0.2) is 4.79 Å². The second-order valence-corrected chi connectivity index (χ2v) is 3.47.